The van der Waals surface area contributed by atoms with Gasteiger partial charge in [-0.05, 0) is 36.7 Å². The molecule has 7 nitrogen and oxygen atoms in total. The smallest absolute Gasteiger partial charge is 0.227 e. The summed E-state index contributed by atoms with van der Waals surface area (Å²) in [5.74, 6) is 3.17. The molecular weight excluding hydrogens is 342 g/mol. The number of nitrogens with zero attached hydrogens (tertiary/aromatic N) is 4. The maximum atomic E-state index is 5.37. The Morgan fingerprint density at radius 1 is 1.04 bits per heavy atom. The molecule has 146 valence electrons. The van der Waals surface area contributed by atoms with Crippen LogP contribution in [0, 0.1) is 0 Å². The van der Waals surface area contributed by atoms with Crippen molar-refractivity contribution in [3.05, 3.63) is 36.0 Å². The number of ether oxygens (including phenoxy) is 2. The van der Waals surface area contributed by atoms with Crippen LogP contribution in [0.15, 0.2) is 30.5 Å². The fourth-order valence-electron chi connectivity index (χ4n) is 3.23. The van der Waals surface area contributed by atoms with Gasteiger partial charge >= 0.3 is 0 Å². The number of nitrogens with one attached hydrogen (secondary N) is 1. The lowest BCUT2D eigenvalue weighted by Gasteiger charge is -2.34. The van der Waals surface area contributed by atoms with Gasteiger partial charge < -0.3 is 24.6 Å². The van der Waals surface area contributed by atoms with Crippen molar-refractivity contribution >= 4 is 11.8 Å². The van der Waals surface area contributed by atoms with E-state index in [0.29, 0.717) is 0 Å². The van der Waals surface area contributed by atoms with Crippen LogP contribution in [0.4, 0.5) is 11.8 Å². The molecule has 1 aromatic carbocycles. The minimum Gasteiger partial charge on any atom is -0.493 e. The number of piperazine rings is 1. The van der Waals surface area contributed by atoms with Gasteiger partial charge in [-0.2, -0.15) is 4.98 Å². The van der Waals surface area contributed by atoms with Gasteiger partial charge in [0.2, 0.25) is 5.95 Å². The van der Waals surface area contributed by atoms with Crippen molar-refractivity contribution in [2.75, 3.05) is 63.7 Å². The third-order valence-corrected chi connectivity index (χ3v) is 4.91. The largest absolute Gasteiger partial charge is 0.493 e. The molecule has 0 amide bonds. The Balaban J connectivity index is 1.54. The Bertz CT molecular complexity index is 732. The molecule has 0 unspecified atom stereocenters. The van der Waals surface area contributed by atoms with Crippen molar-refractivity contribution in [1.82, 2.24) is 14.9 Å². The number of hydrogen-bond acceptors (Lipinski definition) is 7. The van der Waals surface area contributed by atoms with Gasteiger partial charge in [0.25, 0.3) is 0 Å². The van der Waals surface area contributed by atoms with Crippen LogP contribution in [-0.4, -0.2) is 68.4 Å². The Morgan fingerprint density at radius 3 is 2.52 bits per heavy atom. The average Bonchev–Trinajstić information content (AvgIpc) is 2.74. The molecule has 0 spiro atoms. The highest BCUT2D eigenvalue weighted by Crippen LogP contribution is 2.27. The molecule has 1 fully saturated rings. The Hall–Kier alpha value is -2.54. The molecule has 0 saturated carbocycles. The van der Waals surface area contributed by atoms with Crippen molar-refractivity contribution in [3.8, 4) is 11.5 Å². The monoisotopic (exact) mass is 371 g/mol. The zero-order valence-corrected chi connectivity index (χ0v) is 16.4. The van der Waals surface area contributed by atoms with E-state index in [9.17, 15) is 0 Å². The number of aromatic nitrogens is 2. The summed E-state index contributed by atoms with van der Waals surface area (Å²) in [6, 6.07) is 7.92. The van der Waals surface area contributed by atoms with Crippen LogP contribution in [-0.2, 0) is 6.42 Å². The van der Waals surface area contributed by atoms with Crippen LogP contribution >= 0.6 is 0 Å². The van der Waals surface area contributed by atoms with Gasteiger partial charge in [-0.1, -0.05) is 13.0 Å². The number of methoxy groups -OCH3 is 2. The van der Waals surface area contributed by atoms with E-state index in [-0.39, 0.29) is 0 Å². The lowest BCUT2D eigenvalue weighted by atomic mass is 10.1. The maximum absolute atomic E-state index is 5.37. The topological polar surface area (TPSA) is 62.8 Å². The van der Waals surface area contributed by atoms with Crippen molar-refractivity contribution < 1.29 is 9.47 Å². The minimum atomic E-state index is 0.748. The van der Waals surface area contributed by atoms with E-state index in [0.717, 1.165) is 69.0 Å². The third-order valence-electron chi connectivity index (χ3n) is 4.91. The van der Waals surface area contributed by atoms with Crippen LogP contribution in [0.2, 0.25) is 0 Å². The molecule has 27 heavy (non-hydrogen) atoms. The lowest BCUT2D eigenvalue weighted by Crippen LogP contribution is -2.46. The second kappa shape index (κ2) is 9.41. The number of hydrogen-bond donors (Lipinski definition) is 1. The minimum absolute atomic E-state index is 0.748. The zero-order valence-electron chi connectivity index (χ0n) is 16.4. The lowest BCUT2D eigenvalue weighted by molar-refractivity contribution is 0.270. The van der Waals surface area contributed by atoms with Gasteiger partial charge in [0.15, 0.2) is 11.5 Å². The van der Waals surface area contributed by atoms with Gasteiger partial charge in [0.05, 0.1) is 14.2 Å². The molecule has 1 aromatic heterocycles. The van der Waals surface area contributed by atoms with Crippen molar-refractivity contribution in [3.63, 3.8) is 0 Å². The van der Waals surface area contributed by atoms with E-state index in [4.69, 9.17) is 9.47 Å². The molecule has 0 radical (unpaired) electrons. The highest BCUT2D eigenvalue weighted by molar-refractivity contribution is 5.44. The Kier molecular flexibility index (Phi) is 6.70. The predicted molar refractivity (Wildman–Crippen MR) is 108 cm³/mol. The normalized spacial score (nSPS) is 14.9. The quantitative estimate of drug-likeness (QED) is 0.764. The molecule has 0 atom stereocenters. The number of rotatable bonds is 8. The van der Waals surface area contributed by atoms with E-state index in [1.165, 1.54) is 5.56 Å². The number of likely N-dealkylation sites (N-methyl/N-ethyl adjacent to an activating group) is 1. The van der Waals surface area contributed by atoms with E-state index in [2.05, 4.69) is 38.1 Å². The summed E-state index contributed by atoms with van der Waals surface area (Å²) in [5.41, 5.74) is 1.19. The molecule has 0 aliphatic carbocycles. The van der Waals surface area contributed by atoms with Crippen LogP contribution in [0.5, 0.6) is 11.5 Å². The third kappa shape index (κ3) is 5.01. The maximum Gasteiger partial charge on any atom is 0.227 e. The fourth-order valence-corrected chi connectivity index (χ4v) is 3.23. The second-order valence-electron chi connectivity index (χ2n) is 6.53. The predicted octanol–water partition coefficient (Wildman–Crippen LogP) is 2.29. The molecule has 3 rings (SSSR count). The van der Waals surface area contributed by atoms with Gasteiger partial charge in [0.1, 0.15) is 5.82 Å². The summed E-state index contributed by atoms with van der Waals surface area (Å²) >= 11 is 0. The molecule has 1 aliphatic rings. The first kappa shape index (κ1) is 19.2. The summed E-state index contributed by atoms with van der Waals surface area (Å²) in [4.78, 5) is 13.8. The van der Waals surface area contributed by atoms with Gasteiger partial charge in [0, 0.05) is 38.9 Å². The van der Waals surface area contributed by atoms with Crippen LogP contribution < -0.4 is 19.7 Å². The molecule has 7 heteroatoms. The van der Waals surface area contributed by atoms with Crippen molar-refractivity contribution in [1.29, 1.82) is 0 Å². The number of benzene rings is 1. The molecule has 0 bridgehead atoms. The molecule has 1 aliphatic heterocycles. The molecule has 2 heterocycles. The van der Waals surface area contributed by atoms with Crippen molar-refractivity contribution in [2.24, 2.45) is 0 Å². The number of anilines is 2. The molecule has 2 aromatic rings. The van der Waals surface area contributed by atoms with Gasteiger partial charge in [-0.3, -0.25) is 0 Å². The first-order valence-electron chi connectivity index (χ1n) is 9.48. The second-order valence-corrected chi connectivity index (χ2v) is 6.53. The Morgan fingerprint density at radius 2 is 1.81 bits per heavy atom. The van der Waals surface area contributed by atoms with E-state index < -0.39 is 0 Å². The molecular formula is C20H29N5O2. The van der Waals surface area contributed by atoms with Gasteiger partial charge in [-0.25, -0.2) is 4.98 Å². The average molecular weight is 371 g/mol. The summed E-state index contributed by atoms with van der Waals surface area (Å²) in [5, 5.41) is 3.40. The van der Waals surface area contributed by atoms with E-state index in [1.807, 2.05) is 24.4 Å². The SMILES string of the molecule is CCN1CCN(c2nccc(NCCc3ccc(OC)c(OC)c3)n2)CC1. The van der Waals surface area contributed by atoms with E-state index >= 15 is 0 Å². The van der Waals surface area contributed by atoms with Crippen molar-refractivity contribution in [2.45, 2.75) is 13.3 Å². The summed E-state index contributed by atoms with van der Waals surface area (Å²) in [7, 11) is 3.30. The summed E-state index contributed by atoms with van der Waals surface area (Å²) in [6.45, 7) is 8.18. The van der Waals surface area contributed by atoms with E-state index in [1.54, 1.807) is 14.2 Å². The fraction of sp³-hybridized carbons (Fsp3) is 0.500. The highest BCUT2D eigenvalue weighted by atomic mass is 16.5. The van der Waals surface area contributed by atoms with Crippen LogP contribution in [0.25, 0.3) is 0 Å². The summed E-state index contributed by atoms with van der Waals surface area (Å²) < 4.78 is 10.6. The highest BCUT2D eigenvalue weighted by Gasteiger charge is 2.17. The zero-order chi connectivity index (χ0) is 19.1. The van der Waals surface area contributed by atoms with Crippen LogP contribution in [0.3, 0.4) is 0 Å². The first-order chi connectivity index (χ1) is 13.2. The molecule has 1 saturated heterocycles. The van der Waals surface area contributed by atoms with Gasteiger partial charge in [-0.15, -0.1) is 0 Å². The Labute approximate surface area is 161 Å². The summed E-state index contributed by atoms with van der Waals surface area (Å²) in [6.07, 6.45) is 2.70. The molecule has 1 N–H and O–H groups in total. The first-order valence-corrected chi connectivity index (χ1v) is 9.48. The standard InChI is InChI=1S/C20H29N5O2/c1-4-24-11-13-25(14-12-24)20-22-10-8-19(23-20)21-9-7-16-5-6-17(26-2)18(15-16)27-3/h5-6,8,10,15H,4,7,9,11-14H2,1-3H3,(H,21,22,23). The van der Waals surface area contributed by atoms with Crippen LogP contribution in [0.1, 0.15) is 12.5 Å².